The molecule has 1 aliphatic carbocycles. The molecule has 3 nitrogen and oxygen atoms in total. The van der Waals surface area contributed by atoms with Crippen LogP contribution in [0.25, 0.3) is 0 Å². The molecule has 2 aliphatic rings. The summed E-state index contributed by atoms with van der Waals surface area (Å²) in [5, 5.41) is 6.63. The van der Waals surface area contributed by atoms with E-state index in [2.05, 4.69) is 34.9 Å². The maximum absolute atomic E-state index is 12.4. The predicted octanol–water partition coefficient (Wildman–Crippen LogP) is 2.69. The number of benzene rings is 1. The van der Waals surface area contributed by atoms with Crippen molar-refractivity contribution in [2.75, 3.05) is 6.54 Å². The van der Waals surface area contributed by atoms with Crippen molar-refractivity contribution in [2.24, 2.45) is 5.92 Å². The van der Waals surface area contributed by atoms with Gasteiger partial charge in [-0.3, -0.25) is 4.79 Å². The van der Waals surface area contributed by atoms with E-state index < -0.39 is 0 Å². The van der Waals surface area contributed by atoms with E-state index in [4.69, 9.17) is 0 Å². The Bertz CT molecular complexity index is 441. The Morgan fingerprint density at radius 2 is 1.95 bits per heavy atom. The molecule has 1 saturated carbocycles. The van der Waals surface area contributed by atoms with Crippen molar-refractivity contribution in [3.63, 3.8) is 0 Å². The summed E-state index contributed by atoms with van der Waals surface area (Å²) in [5.74, 6) is 0.889. The normalized spacial score (nSPS) is 23.0. The molecule has 1 aromatic carbocycles. The zero-order chi connectivity index (χ0) is 13.8. The lowest BCUT2D eigenvalue weighted by Crippen LogP contribution is -2.50. The van der Waals surface area contributed by atoms with E-state index >= 15 is 0 Å². The van der Waals surface area contributed by atoms with E-state index in [0.29, 0.717) is 12.0 Å². The van der Waals surface area contributed by atoms with E-state index in [1.165, 1.54) is 24.8 Å². The summed E-state index contributed by atoms with van der Waals surface area (Å²) in [4.78, 5) is 12.4. The Balaban J connectivity index is 0.00000161. The topological polar surface area (TPSA) is 41.1 Å². The minimum atomic E-state index is 0. The fourth-order valence-corrected chi connectivity index (χ4v) is 3.06. The Morgan fingerprint density at radius 3 is 2.57 bits per heavy atom. The van der Waals surface area contributed by atoms with E-state index in [-0.39, 0.29) is 24.4 Å². The average molecular weight is 309 g/mol. The first-order chi connectivity index (χ1) is 9.83. The number of piperidine rings is 1. The summed E-state index contributed by atoms with van der Waals surface area (Å²) in [6.45, 7) is 0.977. The number of amides is 1. The van der Waals surface area contributed by atoms with Crippen molar-refractivity contribution in [1.82, 2.24) is 10.6 Å². The van der Waals surface area contributed by atoms with Gasteiger partial charge in [0, 0.05) is 6.04 Å². The van der Waals surface area contributed by atoms with Crippen molar-refractivity contribution < 1.29 is 4.79 Å². The van der Waals surface area contributed by atoms with Gasteiger partial charge in [0.2, 0.25) is 5.91 Å². The molecule has 2 N–H and O–H groups in total. The molecule has 21 heavy (non-hydrogen) atoms. The first kappa shape index (κ1) is 16.3. The molecule has 2 unspecified atom stereocenters. The van der Waals surface area contributed by atoms with Crippen LogP contribution in [0.1, 0.15) is 37.7 Å². The van der Waals surface area contributed by atoms with E-state index in [9.17, 15) is 4.79 Å². The summed E-state index contributed by atoms with van der Waals surface area (Å²) in [7, 11) is 0. The number of carbonyl (C=O) groups excluding carboxylic acids is 1. The van der Waals surface area contributed by atoms with Gasteiger partial charge in [0.15, 0.2) is 0 Å². The highest BCUT2D eigenvalue weighted by atomic mass is 35.5. The van der Waals surface area contributed by atoms with E-state index in [1.807, 2.05) is 6.07 Å². The van der Waals surface area contributed by atoms with Gasteiger partial charge in [0.05, 0.1) is 6.04 Å². The fourth-order valence-electron chi connectivity index (χ4n) is 3.06. The van der Waals surface area contributed by atoms with Crippen LogP contribution in [0, 0.1) is 5.92 Å². The van der Waals surface area contributed by atoms with Crippen molar-refractivity contribution in [3.8, 4) is 0 Å². The molecule has 1 saturated heterocycles. The zero-order valence-electron chi connectivity index (χ0n) is 12.4. The zero-order valence-corrected chi connectivity index (χ0v) is 13.2. The maximum Gasteiger partial charge on any atom is 0.237 e. The van der Waals surface area contributed by atoms with E-state index in [1.54, 1.807) is 0 Å². The second kappa shape index (κ2) is 7.81. The van der Waals surface area contributed by atoms with Gasteiger partial charge in [-0.05, 0) is 50.1 Å². The van der Waals surface area contributed by atoms with Gasteiger partial charge in [-0.1, -0.05) is 36.8 Å². The Labute approximate surface area is 133 Å². The number of rotatable bonds is 5. The van der Waals surface area contributed by atoms with Crippen LogP contribution in [-0.2, 0) is 11.2 Å². The van der Waals surface area contributed by atoms with Crippen molar-refractivity contribution in [2.45, 2.75) is 50.6 Å². The van der Waals surface area contributed by atoms with Crippen LogP contribution in [-0.4, -0.2) is 24.5 Å². The maximum atomic E-state index is 12.4. The van der Waals surface area contributed by atoms with Crippen LogP contribution in [0.4, 0.5) is 0 Å². The number of hydrogen-bond acceptors (Lipinski definition) is 2. The van der Waals surface area contributed by atoms with Crippen LogP contribution in [0.2, 0.25) is 0 Å². The lowest BCUT2D eigenvalue weighted by atomic mass is 10.00. The highest BCUT2D eigenvalue weighted by molar-refractivity contribution is 5.85. The monoisotopic (exact) mass is 308 g/mol. The van der Waals surface area contributed by atoms with E-state index in [0.717, 1.165) is 25.8 Å². The van der Waals surface area contributed by atoms with Crippen LogP contribution in [0.3, 0.4) is 0 Å². The molecule has 0 bridgehead atoms. The third kappa shape index (κ3) is 4.72. The largest absolute Gasteiger partial charge is 0.351 e. The van der Waals surface area contributed by atoms with Crippen molar-refractivity contribution >= 4 is 18.3 Å². The molecule has 3 rings (SSSR count). The summed E-state index contributed by atoms with van der Waals surface area (Å²) in [6, 6.07) is 10.8. The van der Waals surface area contributed by atoms with Gasteiger partial charge in [-0.25, -0.2) is 0 Å². The van der Waals surface area contributed by atoms with Crippen molar-refractivity contribution in [3.05, 3.63) is 35.9 Å². The van der Waals surface area contributed by atoms with Crippen LogP contribution >= 0.6 is 12.4 Å². The SMILES string of the molecule is Cl.O=C(NC(Cc1ccccc1)C1CC1)C1CCCCN1. The molecule has 1 heterocycles. The molecule has 4 heteroatoms. The Kier molecular flexibility index (Phi) is 6.07. The van der Waals surface area contributed by atoms with Crippen LogP contribution in [0.5, 0.6) is 0 Å². The molecule has 1 amide bonds. The highest BCUT2D eigenvalue weighted by Crippen LogP contribution is 2.34. The smallest absolute Gasteiger partial charge is 0.237 e. The lowest BCUT2D eigenvalue weighted by molar-refractivity contribution is -0.124. The van der Waals surface area contributed by atoms with Gasteiger partial charge >= 0.3 is 0 Å². The van der Waals surface area contributed by atoms with Crippen LogP contribution < -0.4 is 10.6 Å². The molecule has 116 valence electrons. The summed E-state index contributed by atoms with van der Waals surface area (Å²) in [5.41, 5.74) is 1.32. The molecular weight excluding hydrogens is 284 g/mol. The predicted molar refractivity (Wildman–Crippen MR) is 87.7 cm³/mol. The number of halogens is 1. The van der Waals surface area contributed by atoms with Gasteiger partial charge in [-0.15, -0.1) is 12.4 Å². The van der Waals surface area contributed by atoms with Gasteiger partial charge in [0.1, 0.15) is 0 Å². The summed E-state index contributed by atoms with van der Waals surface area (Å²) >= 11 is 0. The third-order valence-corrected chi connectivity index (χ3v) is 4.44. The molecular formula is C17H25ClN2O. The molecule has 0 aromatic heterocycles. The molecule has 0 radical (unpaired) electrons. The second-order valence-electron chi connectivity index (χ2n) is 6.14. The highest BCUT2D eigenvalue weighted by Gasteiger charge is 2.33. The quantitative estimate of drug-likeness (QED) is 0.878. The molecule has 1 aliphatic heterocycles. The summed E-state index contributed by atoms with van der Waals surface area (Å²) in [6.07, 6.45) is 6.82. The standard InChI is InChI=1S/C17H24N2O.ClH/c20-17(15-8-4-5-11-18-15)19-16(14-9-10-14)12-13-6-2-1-3-7-13;/h1-3,6-7,14-16,18H,4-5,8-12H2,(H,19,20);1H. The number of nitrogens with one attached hydrogen (secondary N) is 2. The van der Waals surface area contributed by atoms with Gasteiger partial charge in [0.25, 0.3) is 0 Å². The third-order valence-electron chi connectivity index (χ3n) is 4.44. The lowest BCUT2D eigenvalue weighted by Gasteiger charge is -2.26. The average Bonchev–Trinajstić information content (AvgIpc) is 3.33. The molecule has 0 spiro atoms. The van der Waals surface area contributed by atoms with Gasteiger partial charge < -0.3 is 10.6 Å². The first-order valence-electron chi connectivity index (χ1n) is 7.90. The molecule has 2 fully saturated rings. The second-order valence-corrected chi connectivity index (χ2v) is 6.14. The minimum Gasteiger partial charge on any atom is -0.351 e. The number of carbonyl (C=O) groups is 1. The first-order valence-corrected chi connectivity index (χ1v) is 7.90. The Hall–Kier alpha value is -1.06. The summed E-state index contributed by atoms with van der Waals surface area (Å²) < 4.78 is 0. The minimum absolute atomic E-state index is 0. The Morgan fingerprint density at radius 1 is 1.19 bits per heavy atom. The molecule has 2 atom stereocenters. The van der Waals surface area contributed by atoms with Crippen molar-refractivity contribution in [1.29, 1.82) is 0 Å². The van der Waals surface area contributed by atoms with Gasteiger partial charge in [-0.2, -0.15) is 0 Å². The van der Waals surface area contributed by atoms with Crippen LogP contribution in [0.15, 0.2) is 30.3 Å². The molecule has 1 aromatic rings. The number of hydrogen-bond donors (Lipinski definition) is 2. The fraction of sp³-hybridized carbons (Fsp3) is 0.588.